The summed E-state index contributed by atoms with van der Waals surface area (Å²) in [5.74, 6) is 2.40. The summed E-state index contributed by atoms with van der Waals surface area (Å²) in [7, 11) is 5.35. The molecule has 2 heterocycles. The molecule has 0 N–H and O–H groups in total. The van der Waals surface area contributed by atoms with E-state index in [9.17, 15) is 0 Å². The van der Waals surface area contributed by atoms with Crippen molar-refractivity contribution in [2.45, 2.75) is 12.5 Å². The molecule has 0 amide bonds. The predicted octanol–water partition coefficient (Wildman–Crippen LogP) is 2.69. The maximum atomic E-state index is 9.04. The third-order valence-corrected chi connectivity index (χ3v) is 4.62. The minimum atomic E-state index is 0.332. The van der Waals surface area contributed by atoms with E-state index in [1.165, 1.54) is 0 Å². The lowest BCUT2D eigenvalue weighted by Crippen LogP contribution is -2.35. The van der Waals surface area contributed by atoms with Crippen molar-refractivity contribution >= 4 is 11.5 Å². The van der Waals surface area contributed by atoms with E-state index >= 15 is 0 Å². The molecular formula is C19H22N4O2. The number of hydrogen-bond donors (Lipinski definition) is 0. The zero-order valence-electron chi connectivity index (χ0n) is 14.8. The Morgan fingerprint density at radius 3 is 2.56 bits per heavy atom. The summed E-state index contributed by atoms with van der Waals surface area (Å²) >= 11 is 0. The van der Waals surface area contributed by atoms with Gasteiger partial charge in [0.2, 0.25) is 0 Å². The molecule has 0 radical (unpaired) electrons. The number of anilines is 2. The normalized spacial score (nSPS) is 16.4. The van der Waals surface area contributed by atoms with Gasteiger partial charge >= 0.3 is 0 Å². The van der Waals surface area contributed by atoms with Gasteiger partial charge in [0, 0.05) is 50.1 Å². The zero-order valence-corrected chi connectivity index (χ0v) is 14.8. The van der Waals surface area contributed by atoms with Gasteiger partial charge in [0.25, 0.3) is 0 Å². The second kappa shape index (κ2) is 7.31. The Balaban J connectivity index is 1.76. The van der Waals surface area contributed by atoms with Crippen LogP contribution in [0, 0.1) is 11.3 Å². The van der Waals surface area contributed by atoms with Crippen LogP contribution >= 0.6 is 0 Å². The van der Waals surface area contributed by atoms with Gasteiger partial charge in [-0.05, 0) is 18.6 Å². The van der Waals surface area contributed by atoms with Crippen molar-refractivity contribution in [2.24, 2.45) is 0 Å². The van der Waals surface area contributed by atoms with Crippen molar-refractivity contribution in [3.63, 3.8) is 0 Å². The molecule has 0 spiro atoms. The molecule has 1 aromatic heterocycles. The molecule has 3 rings (SSSR count). The van der Waals surface area contributed by atoms with Gasteiger partial charge in [0.1, 0.15) is 29.1 Å². The summed E-state index contributed by atoms with van der Waals surface area (Å²) in [4.78, 5) is 8.87. The van der Waals surface area contributed by atoms with Crippen LogP contribution < -0.4 is 19.3 Å². The van der Waals surface area contributed by atoms with Gasteiger partial charge in [0.05, 0.1) is 14.2 Å². The number of pyridine rings is 1. The molecule has 1 atom stereocenters. The third kappa shape index (κ3) is 3.61. The average Bonchev–Trinajstić information content (AvgIpc) is 3.17. The minimum absolute atomic E-state index is 0.332. The number of aromatic nitrogens is 1. The highest BCUT2D eigenvalue weighted by atomic mass is 16.5. The fraction of sp³-hybridized carbons (Fsp3) is 0.368. The monoisotopic (exact) mass is 338 g/mol. The van der Waals surface area contributed by atoms with Crippen molar-refractivity contribution in [3.05, 3.63) is 42.1 Å². The van der Waals surface area contributed by atoms with Gasteiger partial charge < -0.3 is 19.3 Å². The highest BCUT2D eigenvalue weighted by Crippen LogP contribution is 2.31. The van der Waals surface area contributed by atoms with Crippen LogP contribution in [-0.2, 0) is 0 Å². The standard InChI is InChI=1S/C19H22N4O2/c1-22(19-6-4-5-14(12-20)21-19)15-7-8-23(13-15)16-9-17(24-2)11-18(10-16)25-3/h4-6,9-11,15H,7-8,13H2,1-3H3. The number of likely N-dealkylation sites (N-methyl/N-ethyl adjacent to an activating group) is 1. The second-order valence-corrected chi connectivity index (χ2v) is 6.06. The van der Waals surface area contributed by atoms with Crippen LogP contribution in [0.5, 0.6) is 11.5 Å². The van der Waals surface area contributed by atoms with E-state index in [-0.39, 0.29) is 0 Å². The Labute approximate surface area is 148 Å². The van der Waals surface area contributed by atoms with Crippen molar-refractivity contribution in [2.75, 3.05) is 44.2 Å². The lowest BCUT2D eigenvalue weighted by molar-refractivity contribution is 0.394. The fourth-order valence-electron chi connectivity index (χ4n) is 3.14. The van der Waals surface area contributed by atoms with E-state index in [1.54, 1.807) is 20.3 Å². The Morgan fingerprint density at radius 1 is 1.20 bits per heavy atom. The maximum Gasteiger partial charge on any atom is 0.142 e. The molecule has 1 aromatic carbocycles. The molecule has 0 saturated carbocycles. The quantitative estimate of drug-likeness (QED) is 0.835. The van der Waals surface area contributed by atoms with Crippen LogP contribution in [0.2, 0.25) is 0 Å². The van der Waals surface area contributed by atoms with E-state index in [2.05, 4.69) is 20.9 Å². The van der Waals surface area contributed by atoms with E-state index in [0.29, 0.717) is 11.7 Å². The molecule has 6 heteroatoms. The van der Waals surface area contributed by atoms with Crippen LogP contribution in [0.3, 0.4) is 0 Å². The fourth-order valence-corrected chi connectivity index (χ4v) is 3.14. The van der Waals surface area contributed by atoms with E-state index in [1.807, 2.05) is 37.4 Å². The van der Waals surface area contributed by atoms with Gasteiger partial charge in [-0.3, -0.25) is 0 Å². The highest BCUT2D eigenvalue weighted by molar-refractivity contribution is 5.57. The Kier molecular flexibility index (Phi) is 4.94. The molecule has 2 aromatic rings. The van der Waals surface area contributed by atoms with E-state index in [4.69, 9.17) is 14.7 Å². The van der Waals surface area contributed by atoms with E-state index < -0.39 is 0 Å². The van der Waals surface area contributed by atoms with E-state index in [0.717, 1.165) is 42.5 Å². The van der Waals surface area contributed by atoms with Gasteiger partial charge in [-0.2, -0.15) is 5.26 Å². The summed E-state index contributed by atoms with van der Waals surface area (Å²) in [6, 6.07) is 13.9. The molecule has 1 unspecified atom stereocenters. The van der Waals surface area contributed by atoms with Gasteiger partial charge in [-0.1, -0.05) is 6.07 Å². The summed E-state index contributed by atoms with van der Waals surface area (Å²) < 4.78 is 10.7. The zero-order chi connectivity index (χ0) is 17.8. The number of rotatable bonds is 5. The Bertz CT molecular complexity index is 765. The molecule has 130 valence electrons. The smallest absolute Gasteiger partial charge is 0.142 e. The lowest BCUT2D eigenvalue weighted by Gasteiger charge is -2.26. The first-order chi connectivity index (χ1) is 12.1. The molecule has 1 aliphatic rings. The van der Waals surface area contributed by atoms with Crippen molar-refractivity contribution in [1.29, 1.82) is 5.26 Å². The Hall–Kier alpha value is -2.94. The van der Waals surface area contributed by atoms with Gasteiger partial charge in [0.15, 0.2) is 0 Å². The van der Waals surface area contributed by atoms with Crippen LogP contribution in [-0.4, -0.2) is 45.4 Å². The molecule has 0 bridgehead atoms. The maximum absolute atomic E-state index is 9.04. The molecule has 6 nitrogen and oxygen atoms in total. The minimum Gasteiger partial charge on any atom is -0.497 e. The van der Waals surface area contributed by atoms with Gasteiger partial charge in [-0.15, -0.1) is 0 Å². The first-order valence-electron chi connectivity index (χ1n) is 8.22. The summed E-state index contributed by atoms with van der Waals surface area (Å²) in [5, 5.41) is 9.04. The number of hydrogen-bond acceptors (Lipinski definition) is 6. The lowest BCUT2D eigenvalue weighted by atomic mass is 10.2. The number of nitrogens with zero attached hydrogens (tertiary/aromatic N) is 4. The van der Waals surface area contributed by atoms with Crippen LogP contribution in [0.4, 0.5) is 11.5 Å². The van der Waals surface area contributed by atoms with Crippen LogP contribution in [0.25, 0.3) is 0 Å². The number of nitriles is 1. The summed E-state index contributed by atoms with van der Waals surface area (Å²) in [6.07, 6.45) is 1.02. The molecule has 25 heavy (non-hydrogen) atoms. The average molecular weight is 338 g/mol. The first kappa shape index (κ1) is 16.9. The second-order valence-electron chi connectivity index (χ2n) is 6.06. The number of methoxy groups -OCH3 is 2. The summed E-state index contributed by atoms with van der Waals surface area (Å²) in [5.41, 5.74) is 1.53. The van der Waals surface area contributed by atoms with Crippen LogP contribution in [0.15, 0.2) is 36.4 Å². The third-order valence-electron chi connectivity index (χ3n) is 4.62. The molecule has 1 fully saturated rings. The first-order valence-corrected chi connectivity index (χ1v) is 8.22. The van der Waals surface area contributed by atoms with Crippen molar-refractivity contribution < 1.29 is 9.47 Å². The molecule has 1 saturated heterocycles. The molecule has 0 aliphatic carbocycles. The topological polar surface area (TPSA) is 61.6 Å². The van der Waals surface area contributed by atoms with Gasteiger partial charge in [-0.25, -0.2) is 4.98 Å². The van der Waals surface area contributed by atoms with Crippen LogP contribution in [0.1, 0.15) is 12.1 Å². The van der Waals surface area contributed by atoms with Crippen molar-refractivity contribution in [1.82, 2.24) is 4.98 Å². The Morgan fingerprint density at radius 2 is 1.92 bits per heavy atom. The molecular weight excluding hydrogens is 316 g/mol. The SMILES string of the molecule is COc1cc(OC)cc(N2CCC(N(C)c3cccc(C#N)n3)C2)c1. The van der Waals surface area contributed by atoms with Crippen molar-refractivity contribution in [3.8, 4) is 17.6 Å². The predicted molar refractivity (Wildman–Crippen MR) is 97.5 cm³/mol. The highest BCUT2D eigenvalue weighted by Gasteiger charge is 2.27. The molecule has 1 aliphatic heterocycles. The number of benzene rings is 1. The largest absolute Gasteiger partial charge is 0.497 e. The number of ether oxygens (including phenoxy) is 2. The summed E-state index contributed by atoms with van der Waals surface area (Å²) in [6.45, 7) is 1.83.